The highest BCUT2D eigenvalue weighted by molar-refractivity contribution is 5.68. The molecule has 1 unspecified atom stereocenters. The molecule has 0 aromatic heterocycles. The third-order valence-corrected chi connectivity index (χ3v) is 4.88. The highest BCUT2D eigenvalue weighted by Gasteiger charge is 2.30. The van der Waals surface area contributed by atoms with Crippen LogP contribution >= 0.6 is 0 Å². The Balaban J connectivity index is 2.73. The van der Waals surface area contributed by atoms with Crippen molar-refractivity contribution in [2.24, 2.45) is 0 Å². The quantitative estimate of drug-likeness (QED) is 0.628. The van der Waals surface area contributed by atoms with Crippen molar-refractivity contribution < 1.29 is 24.1 Å². The maximum atomic E-state index is 9.23. The number of hydrogen-bond donors (Lipinski definition) is 1. The molecule has 0 bridgehead atoms. The summed E-state index contributed by atoms with van der Waals surface area (Å²) in [6.45, 7) is 2.20. The largest absolute Gasteiger partial charge is 0.492 e. The Morgan fingerprint density at radius 3 is 1.85 bits per heavy atom. The van der Waals surface area contributed by atoms with Crippen LogP contribution in [-0.2, 0) is 0 Å². The monoisotopic (exact) mass is 374 g/mol. The first kappa shape index (κ1) is 20.9. The van der Waals surface area contributed by atoms with Gasteiger partial charge in [-0.05, 0) is 25.3 Å². The fraction of sp³-hybridized carbons (Fsp3) is 0.455. The first-order chi connectivity index (χ1) is 13.1. The molecule has 27 heavy (non-hydrogen) atoms. The lowest BCUT2D eigenvalue weighted by Crippen LogP contribution is -2.10. The molecule has 5 heteroatoms. The minimum Gasteiger partial charge on any atom is -0.492 e. The summed E-state index contributed by atoms with van der Waals surface area (Å²) in [6, 6.07) is 10.3. The number of aliphatic hydroxyl groups excluding tert-OH is 1. The molecule has 0 heterocycles. The molecule has 0 spiro atoms. The maximum Gasteiger partial charge on any atom is 0.207 e. The highest BCUT2D eigenvalue weighted by Crippen LogP contribution is 2.53. The Hall–Kier alpha value is -2.40. The van der Waals surface area contributed by atoms with Crippen LogP contribution in [0.2, 0.25) is 0 Å². The molecule has 0 aliphatic carbocycles. The normalized spacial score (nSPS) is 11.8. The third kappa shape index (κ3) is 4.30. The number of ether oxygens (including phenoxy) is 4. The zero-order valence-electron chi connectivity index (χ0n) is 16.9. The van der Waals surface area contributed by atoms with Crippen molar-refractivity contribution in [1.29, 1.82) is 0 Å². The van der Waals surface area contributed by atoms with Crippen LogP contribution in [0, 0.1) is 6.92 Å². The summed E-state index contributed by atoms with van der Waals surface area (Å²) < 4.78 is 22.6. The molecule has 2 rings (SSSR count). The lowest BCUT2D eigenvalue weighted by Gasteiger charge is -2.27. The minimum absolute atomic E-state index is 0.0846. The van der Waals surface area contributed by atoms with E-state index in [9.17, 15) is 5.11 Å². The molecule has 2 aromatic carbocycles. The van der Waals surface area contributed by atoms with Gasteiger partial charge in [0.2, 0.25) is 11.5 Å². The van der Waals surface area contributed by atoms with Gasteiger partial charge in [0.05, 0.1) is 28.4 Å². The summed E-state index contributed by atoms with van der Waals surface area (Å²) in [5.41, 5.74) is 3.17. The molecule has 1 N–H and O–H groups in total. The van der Waals surface area contributed by atoms with E-state index in [-0.39, 0.29) is 12.5 Å². The summed E-state index contributed by atoms with van der Waals surface area (Å²) >= 11 is 0. The Morgan fingerprint density at radius 1 is 0.778 bits per heavy atom. The van der Waals surface area contributed by atoms with Gasteiger partial charge in [0.25, 0.3) is 0 Å². The second kappa shape index (κ2) is 10.1. The van der Waals surface area contributed by atoms with Gasteiger partial charge in [0.15, 0.2) is 11.5 Å². The average Bonchev–Trinajstić information content (AvgIpc) is 2.71. The maximum absolute atomic E-state index is 9.23. The van der Waals surface area contributed by atoms with Crippen molar-refractivity contribution in [2.45, 2.75) is 32.1 Å². The molecule has 0 fully saturated rings. The number of unbranched alkanes of at least 4 members (excludes halogenated alkanes) is 1. The van der Waals surface area contributed by atoms with E-state index >= 15 is 0 Å². The van der Waals surface area contributed by atoms with Crippen molar-refractivity contribution >= 4 is 0 Å². The first-order valence-electron chi connectivity index (χ1n) is 9.16. The molecule has 0 saturated carbocycles. The summed E-state index contributed by atoms with van der Waals surface area (Å²) in [6.07, 6.45) is 2.53. The van der Waals surface area contributed by atoms with Crippen molar-refractivity contribution in [3.63, 3.8) is 0 Å². The van der Waals surface area contributed by atoms with Gasteiger partial charge in [0.1, 0.15) is 0 Å². The van der Waals surface area contributed by atoms with E-state index in [0.29, 0.717) is 23.0 Å². The fourth-order valence-electron chi connectivity index (χ4n) is 3.65. The van der Waals surface area contributed by atoms with Crippen LogP contribution < -0.4 is 18.9 Å². The Kier molecular flexibility index (Phi) is 7.80. The SMILES string of the molecule is COc1c(C)c(C(CCCCO)c2ccccc2)c(OC)c(OC)c1OC. The summed E-state index contributed by atoms with van der Waals surface area (Å²) in [4.78, 5) is 0. The van der Waals surface area contributed by atoms with Crippen molar-refractivity contribution in [2.75, 3.05) is 35.0 Å². The number of aliphatic hydroxyl groups is 1. The van der Waals surface area contributed by atoms with Crippen LogP contribution in [0.1, 0.15) is 41.9 Å². The zero-order valence-corrected chi connectivity index (χ0v) is 16.9. The van der Waals surface area contributed by atoms with Crippen LogP contribution in [0.15, 0.2) is 30.3 Å². The highest BCUT2D eigenvalue weighted by atomic mass is 16.5. The van der Waals surface area contributed by atoms with Gasteiger partial charge in [-0.25, -0.2) is 0 Å². The van der Waals surface area contributed by atoms with Crippen LogP contribution in [0.5, 0.6) is 23.0 Å². The topological polar surface area (TPSA) is 57.2 Å². The van der Waals surface area contributed by atoms with E-state index in [1.807, 2.05) is 25.1 Å². The number of hydrogen-bond acceptors (Lipinski definition) is 5. The van der Waals surface area contributed by atoms with Gasteiger partial charge in [-0.3, -0.25) is 0 Å². The van der Waals surface area contributed by atoms with E-state index in [0.717, 1.165) is 30.4 Å². The van der Waals surface area contributed by atoms with Gasteiger partial charge in [-0.2, -0.15) is 0 Å². The summed E-state index contributed by atoms with van der Waals surface area (Å²) in [5, 5.41) is 9.23. The predicted molar refractivity (Wildman–Crippen MR) is 107 cm³/mol. The summed E-state index contributed by atoms with van der Waals surface area (Å²) in [5.74, 6) is 2.45. The minimum atomic E-state index is 0.0846. The molecular formula is C22H30O5. The van der Waals surface area contributed by atoms with Gasteiger partial charge >= 0.3 is 0 Å². The molecule has 0 amide bonds. The smallest absolute Gasteiger partial charge is 0.207 e. The standard InChI is InChI=1S/C22H30O5/c1-15-18(17(13-9-10-14-23)16-11-7-6-8-12-16)20(25-3)22(27-5)21(26-4)19(15)24-2/h6-8,11-12,17,23H,9-10,13-14H2,1-5H3. The molecular weight excluding hydrogens is 344 g/mol. The number of methoxy groups -OCH3 is 4. The second-order valence-electron chi connectivity index (χ2n) is 6.35. The molecule has 0 aliphatic heterocycles. The van der Waals surface area contributed by atoms with Crippen molar-refractivity contribution in [3.05, 3.63) is 47.0 Å². The van der Waals surface area contributed by atoms with E-state index in [1.165, 1.54) is 5.56 Å². The van der Waals surface area contributed by atoms with Gasteiger partial charge in [0, 0.05) is 23.7 Å². The molecule has 148 valence electrons. The molecule has 0 radical (unpaired) electrons. The zero-order chi connectivity index (χ0) is 19.8. The van der Waals surface area contributed by atoms with E-state index in [1.54, 1.807) is 28.4 Å². The summed E-state index contributed by atoms with van der Waals surface area (Å²) in [7, 11) is 6.46. The number of rotatable bonds is 10. The lowest BCUT2D eigenvalue weighted by molar-refractivity contribution is 0.281. The molecule has 5 nitrogen and oxygen atoms in total. The van der Waals surface area contributed by atoms with E-state index < -0.39 is 0 Å². The van der Waals surface area contributed by atoms with Crippen LogP contribution in [0.25, 0.3) is 0 Å². The van der Waals surface area contributed by atoms with Crippen LogP contribution in [0.3, 0.4) is 0 Å². The van der Waals surface area contributed by atoms with E-state index in [4.69, 9.17) is 18.9 Å². The van der Waals surface area contributed by atoms with Crippen molar-refractivity contribution in [1.82, 2.24) is 0 Å². The lowest BCUT2D eigenvalue weighted by atomic mass is 9.83. The van der Waals surface area contributed by atoms with Crippen molar-refractivity contribution in [3.8, 4) is 23.0 Å². The predicted octanol–water partition coefficient (Wildman–Crippen LogP) is 4.32. The first-order valence-corrected chi connectivity index (χ1v) is 9.16. The Morgan fingerprint density at radius 2 is 1.33 bits per heavy atom. The molecule has 0 aliphatic rings. The van der Waals surface area contributed by atoms with E-state index in [2.05, 4.69) is 12.1 Å². The number of benzene rings is 2. The Labute approximate surface area is 161 Å². The molecule has 1 atom stereocenters. The van der Waals surface area contributed by atoms with Crippen LogP contribution in [-0.4, -0.2) is 40.2 Å². The Bertz CT molecular complexity index is 727. The van der Waals surface area contributed by atoms with Gasteiger partial charge in [-0.15, -0.1) is 0 Å². The molecule has 2 aromatic rings. The average molecular weight is 374 g/mol. The van der Waals surface area contributed by atoms with Crippen LogP contribution in [0.4, 0.5) is 0 Å². The van der Waals surface area contributed by atoms with Gasteiger partial charge < -0.3 is 24.1 Å². The third-order valence-electron chi connectivity index (χ3n) is 4.88. The fourth-order valence-corrected chi connectivity index (χ4v) is 3.65. The molecule has 0 saturated heterocycles. The van der Waals surface area contributed by atoms with Gasteiger partial charge in [-0.1, -0.05) is 36.8 Å². The second-order valence-corrected chi connectivity index (χ2v) is 6.35.